The lowest BCUT2D eigenvalue weighted by atomic mass is 9.90. The Balaban J connectivity index is 1.92. The predicted octanol–water partition coefficient (Wildman–Crippen LogP) is 2.87. The monoisotopic (exact) mass is 238 g/mol. The van der Waals surface area contributed by atoms with Crippen LogP contribution in [0.25, 0.3) is 0 Å². The molecule has 0 radical (unpaired) electrons. The first kappa shape index (κ1) is 14.5. The minimum atomic E-state index is -0.172. The Hall–Kier alpha value is -0.590. The van der Waals surface area contributed by atoms with Gasteiger partial charge in [-0.25, -0.2) is 0 Å². The van der Waals surface area contributed by atoms with Gasteiger partial charge in [0, 0.05) is 6.61 Å². The molecule has 0 bridgehead atoms. The molecule has 1 aliphatic heterocycles. The highest BCUT2D eigenvalue weighted by Gasteiger charge is 2.15. The fourth-order valence-corrected chi connectivity index (χ4v) is 2.13. The van der Waals surface area contributed by atoms with Gasteiger partial charge in [0.2, 0.25) is 0 Å². The molecule has 0 aliphatic carbocycles. The minimum Gasteiger partial charge on any atom is -0.378 e. The van der Waals surface area contributed by atoms with Crippen molar-refractivity contribution in [3.63, 3.8) is 0 Å². The van der Waals surface area contributed by atoms with Crippen molar-refractivity contribution in [3.8, 4) is 6.07 Å². The topological polar surface area (TPSA) is 45.0 Å². The van der Waals surface area contributed by atoms with E-state index in [1.54, 1.807) is 0 Å². The number of nitrogens with zero attached hydrogens (tertiary/aromatic N) is 1. The molecule has 1 atom stereocenters. The van der Waals surface area contributed by atoms with E-state index < -0.39 is 0 Å². The van der Waals surface area contributed by atoms with E-state index in [0.717, 1.165) is 39.0 Å². The average Bonchev–Trinajstić information content (AvgIpc) is 2.35. The van der Waals surface area contributed by atoms with Crippen LogP contribution >= 0.6 is 0 Å². The van der Waals surface area contributed by atoms with Crippen LogP contribution in [0.1, 0.15) is 52.4 Å². The number of ether oxygens (including phenoxy) is 1. The Kier molecular flexibility index (Phi) is 6.54. The third-order valence-electron chi connectivity index (χ3n) is 3.38. The molecule has 0 amide bonds. The van der Waals surface area contributed by atoms with Crippen LogP contribution in [0.2, 0.25) is 0 Å². The normalized spacial score (nSPS) is 21.1. The lowest BCUT2D eigenvalue weighted by Gasteiger charge is -2.22. The van der Waals surface area contributed by atoms with Gasteiger partial charge in [-0.2, -0.15) is 5.26 Å². The molecule has 1 heterocycles. The molecule has 1 saturated heterocycles. The Morgan fingerprint density at radius 3 is 2.82 bits per heavy atom. The molecule has 0 saturated carbocycles. The van der Waals surface area contributed by atoms with Crippen LogP contribution in [0.15, 0.2) is 0 Å². The summed E-state index contributed by atoms with van der Waals surface area (Å²) in [5, 5.41) is 12.3. The molecule has 0 aromatic heterocycles. The first-order valence-corrected chi connectivity index (χ1v) is 6.88. The van der Waals surface area contributed by atoms with Crippen molar-refractivity contribution >= 4 is 0 Å². The molecular weight excluding hydrogens is 212 g/mol. The summed E-state index contributed by atoms with van der Waals surface area (Å²) in [5.41, 5.74) is -0.172. The zero-order valence-electron chi connectivity index (χ0n) is 11.3. The standard InChI is InChI=1S/C14H26N2O/c1-14(2,12-15)8-5-9-16-10-7-13-6-3-4-11-17-13/h13,16H,3-11H2,1-2H3. The third kappa shape index (κ3) is 6.65. The zero-order chi connectivity index (χ0) is 12.6. The van der Waals surface area contributed by atoms with Crippen molar-refractivity contribution in [2.45, 2.75) is 58.5 Å². The highest BCUT2D eigenvalue weighted by atomic mass is 16.5. The summed E-state index contributed by atoms with van der Waals surface area (Å²) in [5.74, 6) is 0. The van der Waals surface area contributed by atoms with Crippen molar-refractivity contribution in [3.05, 3.63) is 0 Å². The van der Waals surface area contributed by atoms with Gasteiger partial charge in [0.1, 0.15) is 0 Å². The predicted molar refractivity (Wildman–Crippen MR) is 69.7 cm³/mol. The Morgan fingerprint density at radius 2 is 2.18 bits per heavy atom. The van der Waals surface area contributed by atoms with Gasteiger partial charge in [-0.3, -0.25) is 0 Å². The fraction of sp³-hybridized carbons (Fsp3) is 0.929. The average molecular weight is 238 g/mol. The van der Waals surface area contributed by atoms with E-state index >= 15 is 0 Å². The summed E-state index contributed by atoms with van der Waals surface area (Å²) in [6.07, 6.45) is 7.42. The number of nitriles is 1. The molecule has 1 aliphatic rings. The molecular formula is C14H26N2O. The second kappa shape index (κ2) is 7.68. The molecule has 1 rings (SSSR count). The van der Waals surface area contributed by atoms with Crippen LogP contribution in [-0.4, -0.2) is 25.8 Å². The summed E-state index contributed by atoms with van der Waals surface area (Å²) < 4.78 is 5.67. The molecule has 3 heteroatoms. The summed E-state index contributed by atoms with van der Waals surface area (Å²) in [7, 11) is 0. The first-order chi connectivity index (χ1) is 8.14. The lowest BCUT2D eigenvalue weighted by Crippen LogP contribution is -2.26. The lowest BCUT2D eigenvalue weighted by molar-refractivity contribution is 0.0116. The van der Waals surface area contributed by atoms with Gasteiger partial charge < -0.3 is 10.1 Å². The second-order valence-electron chi connectivity index (χ2n) is 5.63. The first-order valence-electron chi connectivity index (χ1n) is 6.88. The van der Waals surface area contributed by atoms with E-state index in [-0.39, 0.29) is 5.41 Å². The van der Waals surface area contributed by atoms with Crippen LogP contribution in [0.5, 0.6) is 0 Å². The van der Waals surface area contributed by atoms with Gasteiger partial charge in [0.05, 0.1) is 17.6 Å². The molecule has 17 heavy (non-hydrogen) atoms. The number of hydrogen-bond donors (Lipinski definition) is 1. The van der Waals surface area contributed by atoms with Gasteiger partial charge in [-0.1, -0.05) is 0 Å². The molecule has 0 aromatic rings. The SMILES string of the molecule is CC(C)(C#N)CCCNCCC1CCCCO1. The molecule has 1 fully saturated rings. The van der Waals surface area contributed by atoms with E-state index in [9.17, 15) is 0 Å². The van der Waals surface area contributed by atoms with E-state index in [4.69, 9.17) is 10.00 Å². The van der Waals surface area contributed by atoms with Crippen LogP contribution in [0.3, 0.4) is 0 Å². The minimum absolute atomic E-state index is 0.172. The Labute approximate surface area is 106 Å². The molecule has 3 nitrogen and oxygen atoms in total. The zero-order valence-corrected chi connectivity index (χ0v) is 11.3. The highest BCUT2D eigenvalue weighted by molar-refractivity contribution is 4.91. The van der Waals surface area contributed by atoms with Crippen LogP contribution in [0, 0.1) is 16.7 Å². The van der Waals surface area contributed by atoms with E-state index in [1.807, 2.05) is 13.8 Å². The van der Waals surface area contributed by atoms with Crippen LogP contribution < -0.4 is 5.32 Å². The van der Waals surface area contributed by atoms with Gasteiger partial charge in [0.25, 0.3) is 0 Å². The van der Waals surface area contributed by atoms with E-state index in [1.165, 1.54) is 19.3 Å². The quantitative estimate of drug-likeness (QED) is 0.694. The number of nitrogens with one attached hydrogen (secondary N) is 1. The second-order valence-corrected chi connectivity index (χ2v) is 5.63. The van der Waals surface area contributed by atoms with Gasteiger partial charge >= 0.3 is 0 Å². The van der Waals surface area contributed by atoms with Crippen molar-refractivity contribution in [2.75, 3.05) is 19.7 Å². The largest absolute Gasteiger partial charge is 0.378 e. The summed E-state index contributed by atoms with van der Waals surface area (Å²) in [4.78, 5) is 0. The van der Waals surface area contributed by atoms with Gasteiger partial charge in [-0.05, 0) is 65.5 Å². The maximum Gasteiger partial charge on any atom is 0.0683 e. The Bertz CT molecular complexity index is 239. The molecule has 1 N–H and O–H groups in total. The number of hydrogen-bond acceptors (Lipinski definition) is 3. The van der Waals surface area contributed by atoms with Crippen molar-refractivity contribution < 1.29 is 4.74 Å². The van der Waals surface area contributed by atoms with Gasteiger partial charge in [-0.15, -0.1) is 0 Å². The summed E-state index contributed by atoms with van der Waals surface area (Å²) in [6.45, 7) is 7.00. The van der Waals surface area contributed by atoms with Crippen LogP contribution in [-0.2, 0) is 4.74 Å². The summed E-state index contributed by atoms with van der Waals surface area (Å²) in [6, 6.07) is 2.34. The third-order valence-corrected chi connectivity index (χ3v) is 3.38. The maximum absolute atomic E-state index is 8.88. The maximum atomic E-state index is 8.88. The molecule has 0 aromatic carbocycles. The molecule has 0 spiro atoms. The Morgan fingerprint density at radius 1 is 1.35 bits per heavy atom. The van der Waals surface area contributed by atoms with Crippen molar-refractivity contribution in [1.29, 1.82) is 5.26 Å². The molecule has 1 unspecified atom stereocenters. The van der Waals surface area contributed by atoms with Gasteiger partial charge in [0.15, 0.2) is 0 Å². The summed E-state index contributed by atoms with van der Waals surface area (Å²) >= 11 is 0. The fourth-order valence-electron chi connectivity index (χ4n) is 2.13. The smallest absolute Gasteiger partial charge is 0.0683 e. The van der Waals surface area contributed by atoms with Crippen molar-refractivity contribution in [2.24, 2.45) is 5.41 Å². The van der Waals surface area contributed by atoms with Crippen molar-refractivity contribution in [1.82, 2.24) is 5.32 Å². The van der Waals surface area contributed by atoms with E-state index in [2.05, 4.69) is 11.4 Å². The number of rotatable bonds is 7. The van der Waals surface area contributed by atoms with E-state index in [0.29, 0.717) is 6.10 Å². The molecule has 98 valence electrons. The van der Waals surface area contributed by atoms with Crippen LogP contribution in [0.4, 0.5) is 0 Å². The highest BCUT2D eigenvalue weighted by Crippen LogP contribution is 2.20.